The summed E-state index contributed by atoms with van der Waals surface area (Å²) in [5.74, 6) is 0.690. The second kappa shape index (κ2) is 11.9. The molecule has 1 amide bonds. The summed E-state index contributed by atoms with van der Waals surface area (Å²) in [5.41, 5.74) is 8.93. The van der Waals surface area contributed by atoms with Crippen molar-refractivity contribution in [2.24, 2.45) is 5.92 Å². The molecule has 0 radical (unpaired) electrons. The van der Waals surface area contributed by atoms with E-state index < -0.39 is 0 Å². The van der Waals surface area contributed by atoms with Crippen LogP contribution in [0.1, 0.15) is 40.7 Å². The van der Waals surface area contributed by atoms with Crippen LogP contribution >= 0.6 is 23.2 Å². The van der Waals surface area contributed by atoms with Gasteiger partial charge in [0, 0.05) is 49.9 Å². The first-order valence-electron chi connectivity index (χ1n) is 13.4. The van der Waals surface area contributed by atoms with Crippen LogP contribution < -0.4 is 0 Å². The van der Waals surface area contributed by atoms with Gasteiger partial charge in [-0.15, -0.1) is 0 Å². The van der Waals surface area contributed by atoms with E-state index in [1.165, 1.54) is 33.4 Å². The van der Waals surface area contributed by atoms with Gasteiger partial charge in [0.1, 0.15) is 0 Å². The molecule has 1 aliphatic carbocycles. The van der Waals surface area contributed by atoms with E-state index in [9.17, 15) is 4.79 Å². The van der Waals surface area contributed by atoms with Crippen molar-refractivity contribution in [3.63, 3.8) is 0 Å². The molecule has 0 atom stereocenters. The summed E-state index contributed by atoms with van der Waals surface area (Å²) in [5, 5.41) is 1.36. The number of likely N-dealkylation sites (N-methyl/N-ethyl adjacent to an activating group) is 1. The molecule has 5 rings (SSSR count). The number of likely N-dealkylation sites (tertiary alicyclic amines) is 1. The van der Waals surface area contributed by atoms with Crippen molar-refractivity contribution in [1.29, 1.82) is 0 Å². The number of nitrogens with zero attached hydrogens (tertiary/aromatic N) is 2. The lowest BCUT2D eigenvalue weighted by Crippen LogP contribution is -2.47. The summed E-state index contributed by atoms with van der Waals surface area (Å²) in [4.78, 5) is 15.7. The predicted octanol–water partition coefficient (Wildman–Crippen LogP) is 7.41. The average Bonchev–Trinajstić information content (AvgIpc) is 3.07. The number of rotatable bonds is 7. The summed E-state index contributed by atoms with van der Waals surface area (Å²) >= 11 is 13.0. The van der Waals surface area contributed by atoms with Gasteiger partial charge in [-0.25, -0.2) is 0 Å². The van der Waals surface area contributed by atoms with Crippen molar-refractivity contribution in [2.45, 2.75) is 25.7 Å². The van der Waals surface area contributed by atoms with Crippen molar-refractivity contribution in [2.75, 3.05) is 33.7 Å². The van der Waals surface area contributed by atoms with E-state index in [1.54, 1.807) is 25.1 Å². The van der Waals surface area contributed by atoms with Crippen LogP contribution in [0, 0.1) is 5.92 Å². The third kappa shape index (κ3) is 6.07. The van der Waals surface area contributed by atoms with Crippen molar-refractivity contribution >= 4 is 40.3 Å². The zero-order valence-corrected chi connectivity index (χ0v) is 23.6. The molecule has 3 nitrogen and oxygen atoms in total. The highest BCUT2D eigenvalue weighted by molar-refractivity contribution is 6.36. The number of hydrogen-bond donors (Lipinski definition) is 0. The molecular formula is C33H34Cl2N2O. The molecular weight excluding hydrogens is 511 g/mol. The Bertz CT molecular complexity index is 1370. The number of carbonyl (C=O) groups is 1. The van der Waals surface area contributed by atoms with E-state index in [-0.39, 0.29) is 5.91 Å². The normalized spacial score (nSPS) is 16.3. The fourth-order valence-electron chi connectivity index (χ4n) is 5.61. The Hall–Kier alpha value is -2.85. The first kappa shape index (κ1) is 26.7. The van der Waals surface area contributed by atoms with Gasteiger partial charge in [0.15, 0.2) is 0 Å². The third-order valence-corrected chi connectivity index (χ3v) is 8.13. The molecule has 1 saturated heterocycles. The monoisotopic (exact) mass is 544 g/mol. The second-order valence-electron chi connectivity index (χ2n) is 10.6. The molecule has 0 aromatic heterocycles. The lowest BCUT2D eigenvalue weighted by atomic mass is 9.86. The van der Waals surface area contributed by atoms with Crippen molar-refractivity contribution in [3.8, 4) is 0 Å². The van der Waals surface area contributed by atoms with Gasteiger partial charge < -0.3 is 4.90 Å². The molecule has 0 saturated carbocycles. The van der Waals surface area contributed by atoms with Crippen LogP contribution in [-0.2, 0) is 17.6 Å². The number of fused-ring (bicyclic) bond motifs is 1. The molecule has 2 aliphatic rings. The Kier molecular flexibility index (Phi) is 8.38. The minimum absolute atomic E-state index is 0.0371. The predicted molar refractivity (Wildman–Crippen MR) is 160 cm³/mol. The van der Waals surface area contributed by atoms with Crippen LogP contribution in [0.5, 0.6) is 0 Å². The zero-order valence-electron chi connectivity index (χ0n) is 22.1. The molecule has 0 bridgehead atoms. The van der Waals surface area contributed by atoms with Crippen LogP contribution in [0.25, 0.3) is 11.1 Å². The maximum absolute atomic E-state index is 11.7. The average molecular weight is 546 g/mol. The maximum atomic E-state index is 11.7. The first-order valence-corrected chi connectivity index (χ1v) is 14.1. The number of aryl methyl sites for hydroxylation is 1. The van der Waals surface area contributed by atoms with Crippen LogP contribution in [0.2, 0.25) is 10.0 Å². The van der Waals surface area contributed by atoms with E-state index in [0.29, 0.717) is 16.0 Å². The molecule has 1 heterocycles. The Labute approximate surface area is 236 Å². The van der Waals surface area contributed by atoms with Crippen molar-refractivity contribution < 1.29 is 4.79 Å². The zero-order chi connectivity index (χ0) is 26.6. The summed E-state index contributed by atoms with van der Waals surface area (Å²) in [7, 11) is 3.55. The van der Waals surface area contributed by atoms with Gasteiger partial charge in [0.25, 0.3) is 0 Å². The Morgan fingerprint density at radius 1 is 0.974 bits per heavy atom. The van der Waals surface area contributed by atoms with Gasteiger partial charge >= 0.3 is 0 Å². The van der Waals surface area contributed by atoms with Crippen LogP contribution in [0.15, 0.2) is 78.9 Å². The number of halogens is 2. The lowest BCUT2D eigenvalue weighted by Gasteiger charge is -2.38. The molecule has 0 N–H and O–H groups in total. The number of amides is 1. The quantitative estimate of drug-likeness (QED) is 0.289. The summed E-state index contributed by atoms with van der Waals surface area (Å²) in [6.07, 6.45) is 7.82. The minimum Gasteiger partial charge on any atom is -0.345 e. The molecule has 38 heavy (non-hydrogen) atoms. The third-order valence-electron chi connectivity index (χ3n) is 7.58. The van der Waals surface area contributed by atoms with Crippen LogP contribution in [-0.4, -0.2) is 49.4 Å². The molecule has 196 valence electrons. The smallest absolute Gasteiger partial charge is 0.245 e. The molecule has 0 unspecified atom stereocenters. The first-order chi connectivity index (χ1) is 18.4. The van der Waals surface area contributed by atoms with E-state index in [0.717, 1.165) is 50.9 Å². The Morgan fingerprint density at radius 3 is 2.47 bits per heavy atom. The standard InChI is InChI=1S/C33H34Cl2N2O/c1-36(2)32(38)11-6-18-37-21-24(22-37)19-23-12-14-26(15-13-23)33-28-9-4-3-7-25(28)8-5-10-30(33)29-17-16-27(34)20-31(29)35/h3-4,6-7,9,11-17,20,24H,5,8,10,18-19,21-22H2,1-2H3. The SMILES string of the molecule is CN(C)C(=O)C=CCN1CC(Cc2ccc(C3=C(c4ccc(Cl)cc4Cl)CCCc4ccccc43)cc2)C1. The summed E-state index contributed by atoms with van der Waals surface area (Å²) in [6, 6.07) is 23.8. The Morgan fingerprint density at radius 2 is 1.74 bits per heavy atom. The molecule has 5 heteroatoms. The summed E-state index contributed by atoms with van der Waals surface area (Å²) in [6.45, 7) is 2.97. The molecule has 3 aromatic rings. The maximum Gasteiger partial charge on any atom is 0.245 e. The van der Waals surface area contributed by atoms with Gasteiger partial charge in [0.2, 0.25) is 5.91 Å². The van der Waals surface area contributed by atoms with E-state index >= 15 is 0 Å². The number of benzene rings is 3. The van der Waals surface area contributed by atoms with Gasteiger partial charge in [-0.3, -0.25) is 9.69 Å². The van der Waals surface area contributed by atoms with Gasteiger partial charge in [-0.05, 0) is 82.7 Å². The summed E-state index contributed by atoms with van der Waals surface area (Å²) < 4.78 is 0. The van der Waals surface area contributed by atoms with E-state index in [2.05, 4.69) is 59.5 Å². The number of carbonyl (C=O) groups excluding carboxylic acids is 1. The van der Waals surface area contributed by atoms with Gasteiger partial charge in [0.05, 0.1) is 0 Å². The van der Waals surface area contributed by atoms with Crippen LogP contribution in [0.4, 0.5) is 0 Å². The fourth-order valence-corrected chi connectivity index (χ4v) is 6.13. The highest BCUT2D eigenvalue weighted by Crippen LogP contribution is 2.42. The minimum atomic E-state index is 0.0371. The van der Waals surface area contributed by atoms with Gasteiger partial charge in [-0.2, -0.15) is 0 Å². The molecule has 3 aromatic carbocycles. The van der Waals surface area contributed by atoms with E-state index in [1.807, 2.05) is 18.2 Å². The largest absolute Gasteiger partial charge is 0.345 e. The van der Waals surface area contributed by atoms with Crippen LogP contribution in [0.3, 0.4) is 0 Å². The number of allylic oxidation sites excluding steroid dienone is 1. The Balaban J connectivity index is 1.35. The van der Waals surface area contributed by atoms with Crippen molar-refractivity contribution in [3.05, 3.63) is 117 Å². The molecule has 0 spiro atoms. The lowest BCUT2D eigenvalue weighted by molar-refractivity contribution is -0.123. The fraction of sp³-hybridized carbons (Fsp3) is 0.303. The highest BCUT2D eigenvalue weighted by Gasteiger charge is 2.26. The highest BCUT2D eigenvalue weighted by atomic mass is 35.5. The number of hydrogen-bond acceptors (Lipinski definition) is 2. The second-order valence-corrected chi connectivity index (χ2v) is 11.5. The topological polar surface area (TPSA) is 23.6 Å². The molecule has 1 fully saturated rings. The van der Waals surface area contributed by atoms with Gasteiger partial charge in [-0.1, -0.05) is 83.9 Å². The van der Waals surface area contributed by atoms with E-state index in [4.69, 9.17) is 23.2 Å². The van der Waals surface area contributed by atoms with Crippen molar-refractivity contribution in [1.82, 2.24) is 9.80 Å². The molecule has 1 aliphatic heterocycles.